The highest BCUT2D eigenvalue weighted by Crippen LogP contribution is 2.44. The van der Waals surface area contributed by atoms with Gasteiger partial charge in [-0.1, -0.05) is 48.5 Å². The van der Waals surface area contributed by atoms with Gasteiger partial charge in [0, 0.05) is 11.1 Å². The summed E-state index contributed by atoms with van der Waals surface area (Å²) >= 11 is 0. The zero-order valence-corrected chi connectivity index (χ0v) is 17.9. The van der Waals surface area contributed by atoms with Crippen molar-refractivity contribution in [2.75, 3.05) is 0 Å². The third-order valence-electron chi connectivity index (χ3n) is 5.29. The quantitative estimate of drug-likeness (QED) is 0.547. The van der Waals surface area contributed by atoms with Crippen LogP contribution >= 0.6 is 0 Å². The van der Waals surface area contributed by atoms with Gasteiger partial charge in [-0.15, -0.1) is 0 Å². The Hall–Kier alpha value is -3.80. The van der Waals surface area contributed by atoms with Crippen LogP contribution in [0.15, 0.2) is 72.8 Å². The first-order valence-electron chi connectivity index (χ1n) is 10.6. The molecule has 0 radical (unpaired) electrons. The molecule has 6 heteroatoms. The number of rotatable bonds is 7. The Labute approximate surface area is 186 Å². The number of nitrogens with one attached hydrogen (secondary N) is 1. The van der Waals surface area contributed by atoms with E-state index in [0.29, 0.717) is 22.8 Å². The van der Waals surface area contributed by atoms with Crippen LogP contribution in [0.1, 0.15) is 48.9 Å². The Balaban J connectivity index is 1.64. The predicted octanol–water partition coefficient (Wildman–Crippen LogP) is 5.04. The Morgan fingerprint density at radius 3 is 2.03 bits per heavy atom. The Morgan fingerprint density at radius 1 is 0.938 bits per heavy atom. The molecule has 0 aliphatic carbocycles. The molecule has 1 aliphatic heterocycles. The van der Waals surface area contributed by atoms with Crippen molar-refractivity contribution < 1.29 is 24.2 Å². The Kier molecular flexibility index (Phi) is 6.12. The first-order chi connectivity index (χ1) is 15.4. The van der Waals surface area contributed by atoms with E-state index >= 15 is 0 Å². The molecule has 0 aromatic heterocycles. The van der Waals surface area contributed by atoms with Gasteiger partial charge in [0.15, 0.2) is 0 Å². The van der Waals surface area contributed by atoms with Crippen molar-refractivity contribution in [3.63, 3.8) is 0 Å². The molecule has 6 nitrogen and oxygen atoms in total. The number of hydrogen-bond donors (Lipinski definition) is 2. The van der Waals surface area contributed by atoms with E-state index in [1.54, 1.807) is 24.3 Å². The molecular formula is C26H25NO5. The lowest BCUT2D eigenvalue weighted by Gasteiger charge is -2.29. The van der Waals surface area contributed by atoms with Crippen LogP contribution in [-0.4, -0.2) is 23.1 Å². The second kappa shape index (κ2) is 9.14. The topological polar surface area (TPSA) is 84.9 Å². The molecule has 1 aliphatic rings. The van der Waals surface area contributed by atoms with Crippen LogP contribution < -0.4 is 14.8 Å². The largest absolute Gasteiger partial charge is 0.491 e. The molecule has 0 bridgehead atoms. The van der Waals surface area contributed by atoms with Gasteiger partial charge in [0.25, 0.3) is 0 Å². The minimum atomic E-state index is -0.995. The van der Waals surface area contributed by atoms with Crippen LogP contribution in [0.2, 0.25) is 0 Å². The van der Waals surface area contributed by atoms with E-state index in [2.05, 4.69) is 5.32 Å². The van der Waals surface area contributed by atoms with Crippen molar-refractivity contribution >= 4 is 11.9 Å². The average molecular weight is 431 g/mol. The van der Waals surface area contributed by atoms with E-state index in [4.69, 9.17) is 9.47 Å². The Morgan fingerprint density at radius 2 is 1.50 bits per heavy atom. The van der Waals surface area contributed by atoms with Crippen LogP contribution in [0.4, 0.5) is 0 Å². The number of fused-ring (bicyclic) bond motifs is 2. The fourth-order valence-electron chi connectivity index (χ4n) is 3.93. The maximum atomic E-state index is 13.5. The summed E-state index contributed by atoms with van der Waals surface area (Å²) in [7, 11) is 0. The lowest BCUT2D eigenvalue weighted by atomic mass is 9.86. The third kappa shape index (κ3) is 4.59. The van der Waals surface area contributed by atoms with Gasteiger partial charge in [-0.05, 0) is 43.7 Å². The standard InChI is InChI=1S/C26H25NO5/c1-16(2)31-18-13-11-17(12-14-18)21(15-24(28)29)27-26(30)25-19-7-3-5-9-22(19)32-23-10-6-4-8-20(23)25/h3-14,16,21,25H,15H2,1-2H3,(H,27,30)(H,28,29)/t21-/m1/s1. The van der Waals surface area contributed by atoms with Crippen molar-refractivity contribution in [2.45, 2.75) is 38.3 Å². The highest BCUT2D eigenvalue weighted by atomic mass is 16.5. The summed E-state index contributed by atoms with van der Waals surface area (Å²) < 4.78 is 11.6. The lowest BCUT2D eigenvalue weighted by Crippen LogP contribution is -2.35. The van der Waals surface area contributed by atoms with Gasteiger partial charge in [-0.2, -0.15) is 0 Å². The molecule has 3 aromatic rings. The van der Waals surface area contributed by atoms with Crippen molar-refractivity contribution in [3.8, 4) is 17.2 Å². The van der Waals surface area contributed by atoms with E-state index in [0.717, 1.165) is 11.1 Å². The highest BCUT2D eigenvalue weighted by molar-refractivity contribution is 5.90. The van der Waals surface area contributed by atoms with Gasteiger partial charge >= 0.3 is 5.97 Å². The zero-order chi connectivity index (χ0) is 22.7. The van der Waals surface area contributed by atoms with Crippen LogP contribution in [0.5, 0.6) is 17.2 Å². The highest BCUT2D eigenvalue weighted by Gasteiger charge is 2.33. The number of carboxylic acids is 1. The smallest absolute Gasteiger partial charge is 0.305 e. The lowest BCUT2D eigenvalue weighted by molar-refractivity contribution is -0.137. The van der Waals surface area contributed by atoms with E-state index in [9.17, 15) is 14.7 Å². The molecule has 164 valence electrons. The fourth-order valence-corrected chi connectivity index (χ4v) is 3.93. The van der Waals surface area contributed by atoms with Crippen molar-refractivity contribution in [1.29, 1.82) is 0 Å². The molecule has 0 spiro atoms. The number of carbonyl (C=O) groups excluding carboxylic acids is 1. The number of carboxylic acid groups (broad SMARTS) is 1. The van der Waals surface area contributed by atoms with Crippen molar-refractivity contribution in [2.24, 2.45) is 0 Å². The molecular weight excluding hydrogens is 406 g/mol. The number of para-hydroxylation sites is 2. The van der Waals surface area contributed by atoms with Crippen LogP contribution in [-0.2, 0) is 9.59 Å². The molecule has 0 saturated carbocycles. The van der Waals surface area contributed by atoms with E-state index in [-0.39, 0.29) is 18.4 Å². The molecule has 0 fully saturated rings. The van der Waals surface area contributed by atoms with Crippen LogP contribution in [0, 0.1) is 0 Å². The number of aliphatic carboxylic acids is 1. The molecule has 1 heterocycles. The number of amides is 1. The van der Waals surface area contributed by atoms with E-state index in [1.165, 1.54) is 0 Å². The summed E-state index contributed by atoms with van der Waals surface area (Å²) in [4.78, 5) is 25.1. The molecule has 3 aromatic carbocycles. The molecule has 4 rings (SSSR count). The predicted molar refractivity (Wildman–Crippen MR) is 120 cm³/mol. The second-order valence-corrected chi connectivity index (χ2v) is 8.01. The van der Waals surface area contributed by atoms with Gasteiger partial charge in [0.2, 0.25) is 5.91 Å². The number of carbonyl (C=O) groups is 2. The minimum absolute atomic E-state index is 0.0315. The Bertz CT molecular complexity index is 1080. The number of ether oxygens (including phenoxy) is 2. The van der Waals surface area contributed by atoms with Gasteiger partial charge in [-0.3, -0.25) is 9.59 Å². The fraction of sp³-hybridized carbons (Fsp3) is 0.231. The zero-order valence-electron chi connectivity index (χ0n) is 17.9. The summed E-state index contributed by atoms with van der Waals surface area (Å²) in [6.45, 7) is 3.87. The summed E-state index contributed by atoms with van der Waals surface area (Å²) in [5, 5.41) is 12.4. The maximum Gasteiger partial charge on any atom is 0.305 e. The van der Waals surface area contributed by atoms with Gasteiger partial charge in [0.1, 0.15) is 17.2 Å². The minimum Gasteiger partial charge on any atom is -0.491 e. The molecule has 2 N–H and O–H groups in total. The number of hydrogen-bond acceptors (Lipinski definition) is 4. The summed E-state index contributed by atoms with van der Waals surface area (Å²) in [6.07, 6.45) is -0.202. The van der Waals surface area contributed by atoms with Crippen LogP contribution in [0.3, 0.4) is 0 Å². The van der Waals surface area contributed by atoms with E-state index in [1.807, 2.05) is 62.4 Å². The first kappa shape index (κ1) is 21.4. The number of benzene rings is 3. The molecule has 0 saturated heterocycles. The summed E-state index contributed by atoms with van der Waals surface area (Å²) in [6, 6.07) is 21.3. The van der Waals surface area contributed by atoms with Crippen molar-refractivity contribution in [3.05, 3.63) is 89.5 Å². The summed E-state index contributed by atoms with van der Waals surface area (Å²) in [5.41, 5.74) is 2.20. The van der Waals surface area contributed by atoms with Crippen molar-refractivity contribution in [1.82, 2.24) is 5.32 Å². The average Bonchev–Trinajstić information content (AvgIpc) is 2.76. The van der Waals surface area contributed by atoms with Gasteiger partial charge in [-0.25, -0.2) is 0 Å². The second-order valence-electron chi connectivity index (χ2n) is 8.01. The molecule has 1 atom stereocenters. The SMILES string of the molecule is CC(C)Oc1ccc([C@@H](CC(=O)O)NC(=O)C2c3ccccc3Oc3ccccc32)cc1. The molecule has 1 amide bonds. The van der Waals surface area contributed by atoms with Gasteiger partial charge in [0.05, 0.1) is 24.5 Å². The molecule has 32 heavy (non-hydrogen) atoms. The summed E-state index contributed by atoms with van der Waals surface area (Å²) in [5.74, 6) is 0.0626. The normalized spacial score (nSPS) is 13.5. The monoisotopic (exact) mass is 431 g/mol. The van der Waals surface area contributed by atoms with Gasteiger partial charge < -0.3 is 19.9 Å². The third-order valence-corrected chi connectivity index (χ3v) is 5.29. The van der Waals surface area contributed by atoms with Crippen LogP contribution in [0.25, 0.3) is 0 Å². The maximum absolute atomic E-state index is 13.5. The van der Waals surface area contributed by atoms with E-state index < -0.39 is 17.9 Å². The molecule has 0 unspecified atom stereocenters. The first-order valence-corrected chi connectivity index (χ1v) is 10.6.